The highest BCUT2D eigenvalue weighted by Gasteiger charge is 2.45. The second-order valence-electron chi connectivity index (χ2n) is 11.9. The number of benzene rings is 3. The Morgan fingerprint density at radius 1 is 0.980 bits per heavy atom. The molecule has 4 heterocycles. The summed E-state index contributed by atoms with van der Waals surface area (Å²) in [7, 11) is 0. The minimum atomic E-state index is -2.91. The SMILES string of the molecule is [2H]C([2H])([2H])C([2H])([2H])C(C)n1ncn(-c2ccc(N3CCN(c4ccc(OC[C@H]5CO[C@@](Cn6cncn6)(c6ccc(Cl)cc6Cl)O5)cc4)CC3)cc2)c1=O. The Balaban J connectivity index is 0.923. The third-order valence-electron chi connectivity index (χ3n) is 8.72. The van der Waals surface area contributed by atoms with E-state index in [1.807, 2.05) is 36.4 Å². The first kappa shape index (κ1) is 27.5. The summed E-state index contributed by atoms with van der Waals surface area (Å²) >= 11 is 12.7. The van der Waals surface area contributed by atoms with Crippen molar-refractivity contribution < 1.29 is 21.1 Å². The van der Waals surface area contributed by atoms with Gasteiger partial charge in [-0.3, -0.25) is 0 Å². The second-order valence-corrected chi connectivity index (χ2v) is 12.7. The standard InChI is InChI=1S/C35H38Cl2N8O4/c1-3-25(2)45-34(46)44(24-40-45)29-7-5-27(6-8-29)41-14-16-42(17-15-41)28-9-11-30(12-10-28)47-19-31-20-48-35(49-31,21-43-23-38-22-39-43)32-13-4-26(36)18-33(32)37/h4-13,18,22-25,31H,3,14-17,19-21H2,1-2H3/t25?,31-,35+/m0/s1/i1D3,3D2. The van der Waals surface area contributed by atoms with Gasteiger partial charge in [0, 0.05) is 55.0 Å². The number of rotatable bonds is 11. The van der Waals surface area contributed by atoms with Crippen molar-refractivity contribution in [2.75, 3.05) is 49.2 Å². The van der Waals surface area contributed by atoms with Gasteiger partial charge in [0.25, 0.3) is 0 Å². The molecular weight excluding hydrogens is 667 g/mol. The minimum absolute atomic E-state index is 0.241. The van der Waals surface area contributed by atoms with Crippen molar-refractivity contribution >= 4 is 34.6 Å². The quantitative estimate of drug-likeness (QED) is 0.174. The van der Waals surface area contributed by atoms with Crippen LogP contribution in [0.3, 0.4) is 0 Å². The zero-order valence-corrected chi connectivity index (χ0v) is 28.2. The average molecular weight is 711 g/mol. The smallest absolute Gasteiger partial charge is 0.350 e. The van der Waals surface area contributed by atoms with Crippen LogP contribution in [0.15, 0.2) is 90.5 Å². The Hall–Kier alpha value is -4.36. The van der Waals surface area contributed by atoms with E-state index < -0.39 is 30.7 Å². The highest BCUT2D eigenvalue weighted by molar-refractivity contribution is 6.35. The molecule has 3 aromatic carbocycles. The molecule has 2 aliphatic heterocycles. The van der Waals surface area contributed by atoms with Crippen LogP contribution in [0.2, 0.25) is 10.0 Å². The van der Waals surface area contributed by atoms with Crippen molar-refractivity contribution in [1.82, 2.24) is 29.1 Å². The van der Waals surface area contributed by atoms with Gasteiger partial charge in [0.15, 0.2) is 0 Å². The molecule has 256 valence electrons. The zero-order chi connectivity index (χ0) is 38.3. The van der Waals surface area contributed by atoms with E-state index in [4.69, 9.17) is 44.3 Å². The van der Waals surface area contributed by atoms with E-state index in [1.165, 1.54) is 24.1 Å². The number of aromatic nitrogens is 6. The van der Waals surface area contributed by atoms with E-state index in [0.717, 1.165) is 42.2 Å². The fourth-order valence-corrected chi connectivity index (χ4v) is 6.64. The van der Waals surface area contributed by atoms with E-state index >= 15 is 0 Å². The van der Waals surface area contributed by atoms with Crippen LogP contribution in [-0.4, -0.2) is 74.6 Å². The molecule has 1 unspecified atom stereocenters. The maximum atomic E-state index is 13.1. The van der Waals surface area contributed by atoms with Gasteiger partial charge in [0.2, 0.25) is 5.79 Å². The predicted octanol–water partition coefficient (Wildman–Crippen LogP) is 5.58. The fourth-order valence-electron chi connectivity index (χ4n) is 6.09. The molecule has 0 bridgehead atoms. The lowest BCUT2D eigenvalue weighted by Gasteiger charge is -2.37. The lowest BCUT2D eigenvalue weighted by atomic mass is 10.1. The summed E-state index contributed by atoms with van der Waals surface area (Å²) in [6, 6.07) is 19.3. The van der Waals surface area contributed by atoms with Crippen LogP contribution < -0.4 is 20.2 Å². The van der Waals surface area contributed by atoms with Gasteiger partial charge in [-0.05, 0) is 74.0 Å². The third kappa shape index (κ3) is 7.04. The van der Waals surface area contributed by atoms with E-state index in [2.05, 4.69) is 25.0 Å². The van der Waals surface area contributed by atoms with Crippen LogP contribution in [0.25, 0.3) is 5.69 Å². The van der Waals surface area contributed by atoms with Crippen LogP contribution in [0.5, 0.6) is 5.75 Å². The van der Waals surface area contributed by atoms with Gasteiger partial charge >= 0.3 is 5.69 Å². The number of ether oxygens (including phenoxy) is 3. The molecule has 0 saturated carbocycles. The number of halogens is 2. The molecule has 14 heteroatoms. The number of hydrogen-bond donors (Lipinski definition) is 0. The zero-order valence-electron chi connectivity index (χ0n) is 31.7. The normalized spacial score (nSPS) is 22.2. The molecule has 2 aliphatic rings. The summed E-state index contributed by atoms with van der Waals surface area (Å²) in [5.41, 5.74) is 2.64. The van der Waals surface area contributed by atoms with Crippen LogP contribution in [0, 0.1) is 0 Å². The largest absolute Gasteiger partial charge is 0.491 e. The van der Waals surface area contributed by atoms with E-state index in [1.54, 1.807) is 41.3 Å². The van der Waals surface area contributed by atoms with Crippen molar-refractivity contribution in [3.8, 4) is 11.4 Å². The van der Waals surface area contributed by atoms with Gasteiger partial charge in [-0.25, -0.2) is 23.7 Å². The highest BCUT2D eigenvalue weighted by Crippen LogP contribution is 2.40. The van der Waals surface area contributed by atoms with Crippen molar-refractivity contribution in [2.45, 2.75) is 44.6 Å². The van der Waals surface area contributed by atoms with Gasteiger partial charge in [-0.2, -0.15) is 10.2 Å². The van der Waals surface area contributed by atoms with Gasteiger partial charge in [0.05, 0.1) is 23.4 Å². The highest BCUT2D eigenvalue weighted by atomic mass is 35.5. The molecule has 2 fully saturated rings. The van der Waals surface area contributed by atoms with E-state index in [0.29, 0.717) is 27.0 Å². The number of nitrogens with zero attached hydrogens (tertiary/aromatic N) is 8. The second kappa shape index (κ2) is 14.2. The summed E-state index contributed by atoms with van der Waals surface area (Å²) in [5, 5.41) is 9.17. The maximum absolute atomic E-state index is 13.1. The van der Waals surface area contributed by atoms with Crippen molar-refractivity contribution in [3.05, 3.63) is 112 Å². The molecule has 12 nitrogen and oxygen atoms in total. The number of anilines is 2. The summed E-state index contributed by atoms with van der Waals surface area (Å²) in [4.78, 5) is 21.7. The number of piperazine rings is 1. The van der Waals surface area contributed by atoms with Gasteiger partial charge in [-0.1, -0.05) is 36.1 Å². The Labute approximate surface area is 301 Å². The molecule has 0 aliphatic carbocycles. The van der Waals surface area contributed by atoms with Gasteiger partial charge in [0.1, 0.15) is 44.0 Å². The molecule has 7 rings (SSSR count). The first-order valence-corrected chi connectivity index (χ1v) is 16.6. The van der Waals surface area contributed by atoms with E-state index in [9.17, 15) is 4.79 Å². The van der Waals surface area contributed by atoms with Crippen LogP contribution >= 0.6 is 23.2 Å². The fraction of sp³-hybridized carbons (Fsp3) is 0.371. The Morgan fingerprint density at radius 3 is 2.33 bits per heavy atom. The van der Waals surface area contributed by atoms with Gasteiger partial charge in [-0.15, -0.1) is 0 Å². The summed E-state index contributed by atoms with van der Waals surface area (Å²) in [6.45, 7) is 2.38. The third-order valence-corrected chi connectivity index (χ3v) is 9.27. The Morgan fingerprint density at radius 2 is 1.67 bits per heavy atom. The molecule has 0 amide bonds. The molecule has 0 N–H and O–H groups in total. The Bertz CT molecular complexity index is 2110. The lowest BCUT2D eigenvalue weighted by Crippen LogP contribution is -2.46. The first-order valence-electron chi connectivity index (χ1n) is 18.3. The minimum Gasteiger partial charge on any atom is -0.491 e. The molecule has 49 heavy (non-hydrogen) atoms. The summed E-state index contributed by atoms with van der Waals surface area (Å²) in [6.07, 6.45) is 1.31. The molecule has 0 radical (unpaired) electrons. The van der Waals surface area contributed by atoms with E-state index in [-0.39, 0.29) is 25.9 Å². The van der Waals surface area contributed by atoms with Crippen molar-refractivity contribution in [2.24, 2.45) is 0 Å². The van der Waals surface area contributed by atoms with Crippen LogP contribution in [0.1, 0.15) is 38.6 Å². The molecule has 0 spiro atoms. The van der Waals surface area contributed by atoms with Crippen LogP contribution in [0.4, 0.5) is 11.4 Å². The lowest BCUT2D eigenvalue weighted by molar-refractivity contribution is -0.190. The molecular formula is C35H38Cl2N8O4. The van der Waals surface area contributed by atoms with Crippen LogP contribution in [-0.2, 0) is 21.8 Å². The summed E-state index contributed by atoms with van der Waals surface area (Å²) < 4.78 is 61.3. The van der Waals surface area contributed by atoms with Crippen molar-refractivity contribution in [3.63, 3.8) is 0 Å². The first-order chi connectivity index (χ1) is 25.7. The number of hydrogen-bond acceptors (Lipinski definition) is 9. The topological polar surface area (TPSA) is 105 Å². The van der Waals surface area contributed by atoms with Crippen molar-refractivity contribution in [1.29, 1.82) is 0 Å². The predicted molar refractivity (Wildman–Crippen MR) is 188 cm³/mol. The monoisotopic (exact) mass is 709 g/mol. The van der Waals surface area contributed by atoms with Gasteiger partial charge < -0.3 is 24.0 Å². The molecule has 2 saturated heterocycles. The summed E-state index contributed by atoms with van der Waals surface area (Å²) in [5.74, 6) is -0.487. The molecule has 3 atom stereocenters. The molecule has 2 aromatic heterocycles. The Kier molecular flexibility index (Phi) is 7.98. The molecule has 5 aromatic rings. The maximum Gasteiger partial charge on any atom is 0.350 e. The average Bonchev–Trinajstić information content (AvgIpc) is 3.91.